The summed E-state index contributed by atoms with van der Waals surface area (Å²) < 4.78 is 27.5. The molecule has 1 aliphatic rings. The monoisotopic (exact) mass is 253 g/mol. The van der Waals surface area contributed by atoms with E-state index in [-0.39, 0.29) is 11.7 Å². The number of benzene rings is 1. The highest BCUT2D eigenvalue weighted by Gasteiger charge is 2.22. The van der Waals surface area contributed by atoms with E-state index in [2.05, 4.69) is 5.32 Å². The molecule has 3 heteroatoms. The average molecular weight is 253 g/mol. The zero-order valence-corrected chi connectivity index (χ0v) is 11.1. The lowest BCUT2D eigenvalue weighted by molar-refractivity contribution is 0.327. The van der Waals surface area contributed by atoms with Gasteiger partial charge in [-0.2, -0.15) is 0 Å². The second-order valence-electron chi connectivity index (χ2n) is 5.38. The Morgan fingerprint density at radius 1 is 1.17 bits per heavy atom. The highest BCUT2D eigenvalue weighted by atomic mass is 19.1. The van der Waals surface area contributed by atoms with E-state index in [0.717, 1.165) is 12.8 Å². The number of aryl methyl sites for hydroxylation is 1. The quantitative estimate of drug-likeness (QED) is 0.826. The van der Waals surface area contributed by atoms with Crippen LogP contribution in [0.15, 0.2) is 12.1 Å². The molecule has 1 aromatic carbocycles. The third-order valence-corrected chi connectivity index (χ3v) is 4.01. The smallest absolute Gasteiger partial charge is 0.152 e. The van der Waals surface area contributed by atoms with Gasteiger partial charge in [0.25, 0.3) is 0 Å². The summed E-state index contributed by atoms with van der Waals surface area (Å²) in [6.45, 7) is 3.68. The Morgan fingerprint density at radius 3 is 2.50 bits per heavy atom. The summed E-state index contributed by atoms with van der Waals surface area (Å²) >= 11 is 0. The first-order chi connectivity index (χ1) is 8.59. The fourth-order valence-corrected chi connectivity index (χ4v) is 2.77. The number of rotatable bonds is 3. The Hall–Kier alpha value is -1.12. The van der Waals surface area contributed by atoms with E-state index >= 15 is 0 Å². The third-order valence-electron chi connectivity index (χ3n) is 4.01. The normalized spacial score (nSPS) is 18.7. The van der Waals surface area contributed by atoms with E-state index in [1.165, 1.54) is 31.4 Å². The zero-order chi connectivity index (χ0) is 13.1. The molecule has 1 N–H and O–H groups in total. The maximum atomic E-state index is 13.9. The fraction of sp³-hybridized carbons (Fsp3) is 0.600. The van der Waals surface area contributed by atoms with Gasteiger partial charge < -0.3 is 5.32 Å². The van der Waals surface area contributed by atoms with E-state index in [1.807, 2.05) is 6.92 Å². The molecule has 1 fully saturated rings. The van der Waals surface area contributed by atoms with Crippen molar-refractivity contribution < 1.29 is 8.78 Å². The van der Waals surface area contributed by atoms with Crippen molar-refractivity contribution in [2.24, 2.45) is 5.92 Å². The van der Waals surface area contributed by atoms with Gasteiger partial charge in [0.05, 0.1) is 0 Å². The van der Waals surface area contributed by atoms with Gasteiger partial charge in [-0.1, -0.05) is 25.3 Å². The van der Waals surface area contributed by atoms with Gasteiger partial charge in [0.2, 0.25) is 0 Å². The van der Waals surface area contributed by atoms with E-state index in [0.29, 0.717) is 11.5 Å². The summed E-state index contributed by atoms with van der Waals surface area (Å²) in [6, 6.07) is 2.92. The second kappa shape index (κ2) is 5.68. The van der Waals surface area contributed by atoms with Gasteiger partial charge in [-0.25, -0.2) is 8.78 Å². The largest absolute Gasteiger partial charge is 0.378 e. The first-order valence-electron chi connectivity index (χ1n) is 6.80. The topological polar surface area (TPSA) is 12.0 Å². The third kappa shape index (κ3) is 2.82. The Morgan fingerprint density at radius 2 is 1.83 bits per heavy atom. The highest BCUT2D eigenvalue weighted by molar-refractivity contribution is 5.49. The van der Waals surface area contributed by atoms with Gasteiger partial charge in [-0.15, -0.1) is 0 Å². The molecule has 1 unspecified atom stereocenters. The summed E-state index contributed by atoms with van der Waals surface area (Å²) in [4.78, 5) is 0. The molecule has 2 rings (SSSR count). The molecule has 0 heterocycles. The van der Waals surface area contributed by atoms with Crippen LogP contribution in [0.1, 0.15) is 44.6 Å². The molecule has 0 spiro atoms. The second-order valence-corrected chi connectivity index (χ2v) is 5.38. The van der Waals surface area contributed by atoms with Crippen LogP contribution < -0.4 is 5.32 Å². The van der Waals surface area contributed by atoms with Gasteiger partial charge in [0, 0.05) is 6.04 Å². The van der Waals surface area contributed by atoms with Crippen LogP contribution in [0, 0.1) is 24.5 Å². The molecule has 0 bridgehead atoms. The molecule has 1 aliphatic carbocycles. The minimum atomic E-state index is -0.499. The standard InChI is InChI=1S/C15H21F2N/c1-10-8-9-13(16)15(14(10)17)18-11(2)12-6-4-3-5-7-12/h8-9,11-12,18H,3-7H2,1-2H3. The summed E-state index contributed by atoms with van der Waals surface area (Å²) in [7, 11) is 0. The van der Waals surface area contributed by atoms with Crippen molar-refractivity contribution >= 4 is 5.69 Å². The van der Waals surface area contributed by atoms with Gasteiger partial charge in [0.1, 0.15) is 11.5 Å². The van der Waals surface area contributed by atoms with Crippen molar-refractivity contribution in [3.63, 3.8) is 0 Å². The molecule has 0 radical (unpaired) electrons. The predicted molar refractivity (Wildman–Crippen MR) is 70.8 cm³/mol. The van der Waals surface area contributed by atoms with Gasteiger partial charge in [0.15, 0.2) is 5.82 Å². The average Bonchev–Trinajstić information content (AvgIpc) is 2.40. The van der Waals surface area contributed by atoms with Gasteiger partial charge in [-0.05, 0) is 44.2 Å². The summed E-state index contributed by atoms with van der Waals surface area (Å²) in [5, 5.41) is 3.04. The molecule has 1 aromatic rings. The summed E-state index contributed by atoms with van der Waals surface area (Å²) in [5.74, 6) is -0.434. The lowest BCUT2D eigenvalue weighted by atomic mass is 9.84. The molecule has 0 aliphatic heterocycles. The van der Waals surface area contributed by atoms with E-state index in [9.17, 15) is 8.78 Å². The van der Waals surface area contributed by atoms with Crippen LogP contribution in [0.4, 0.5) is 14.5 Å². The SMILES string of the molecule is Cc1ccc(F)c(NC(C)C2CCCCC2)c1F. The van der Waals surface area contributed by atoms with E-state index in [1.54, 1.807) is 6.92 Å². The fourth-order valence-electron chi connectivity index (χ4n) is 2.77. The van der Waals surface area contributed by atoms with Gasteiger partial charge in [-0.3, -0.25) is 0 Å². The van der Waals surface area contributed by atoms with Crippen LogP contribution in [0.2, 0.25) is 0 Å². The maximum absolute atomic E-state index is 13.9. The molecule has 1 saturated carbocycles. The maximum Gasteiger partial charge on any atom is 0.152 e. The van der Waals surface area contributed by atoms with E-state index < -0.39 is 11.6 Å². The van der Waals surface area contributed by atoms with Crippen LogP contribution in [-0.2, 0) is 0 Å². The Labute approximate surface area is 108 Å². The predicted octanol–water partition coefficient (Wildman–Crippen LogP) is 4.65. The van der Waals surface area contributed by atoms with Crippen molar-refractivity contribution in [3.8, 4) is 0 Å². The molecule has 18 heavy (non-hydrogen) atoms. The van der Waals surface area contributed by atoms with Crippen molar-refractivity contribution in [2.45, 2.75) is 52.0 Å². The van der Waals surface area contributed by atoms with Gasteiger partial charge >= 0.3 is 0 Å². The Kier molecular flexibility index (Phi) is 4.20. The molecule has 0 saturated heterocycles. The molecular weight excluding hydrogens is 232 g/mol. The van der Waals surface area contributed by atoms with Crippen molar-refractivity contribution in [2.75, 3.05) is 5.32 Å². The van der Waals surface area contributed by atoms with Crippen LogP contribution in [-0.4, -0.2) is 6.04 Å². The first kappa shape index (κ1) is 13.3. The Bertz CT molecular complexity index is 411. The Balaban J connectivity index is 2.10. The highest BCUT2D eigenvalue weighted by Crippen LogP contribution is 2.30. The number of nitrogens with one attached hydrogen (secondary N) is 1. The molecule has 0 amide bonds. The molecular formula is C15H21F2N. The first-order valence-corrected chi connectivity index (χ1v) is 6.80. The molecule has 1 nitrogen and oxygen atoms in total. The lowest BCUT2D eigenvalue weighted by Gasteiger charge is -2.29. The molecule has 1 atom stereocenters. The minimum absolute atomic E-state index is 0.0353. The van der Waals surface area contributed by atoms with Crippen molar-refractivity contribution in [1.82, 2.24) is 0 Å². The van der Waals surface area contributed by atoms with Crippen molar-refractivity contribution in [3.05, 3.63) is 29.3 Å². The van der Waals surface area contributed by atoms with Crippen LogP contribution in [0.5, 0.6) is 0 Å². The van der Waals surface area contributed by atoms with E-state index in [4.69, 9.17) is 0 Å². The number of halogens is 2. The summed E-state index contributed by atoms with van der Waals surface area (Å²) in [5.41, 5.74) is 0.516. The van der Waals surface area contributed by atoms with Crippen LogP contribution in [0.3, 0.4) is 0 Å². The zero-order valence-electron chi connectivity index (χ0n) is 11.1. The van der Waals surface area contributed by atoms with Crippen LogP contribution >= 0.6 is 0 Å². The number of anilines is 1. The number of hydrogen-bond acceptors (Lipinski definition) is 1. The minimum Gasteiger partial charge on any atom is -0.378 e. The number of hydrogen-bond donors (Lipinski definition) is 1. The molecule has 0 aromatic heterocycles. The van der Waals surface area contributed by atoms with Crippen LogP contribution in [0.25, 0.3) is 0 Å². The lowest BCUT2D eigenvalue weighted by Crippen LogP contribution is -2.28. The van der Waals surface area contributed by atoms with Crippen molar-refractivity contribution in [1.29, 1.82) is 0 Å². The summed E-state index contributed by atoms with van der Waals surface area (Å²) in [6.07, 6.45) is 6.06. The molecule has 100 valence electrons.